The van der Waals surface area contributed by atoms with Crippen molar-refractivity contribution in [2.75, 3.05) is 32.8 Å². The zero-order valence-corrected chi connectivity index (χ0v) is 14.2. The average molecular weight is 282 g/mol. The van der Waals surface area contributed by atoms with Gasteiger partial charge in [0.1, 0.15) is 0 Å². The summed E-state index contributed by atoms with van der Waals surface area (Å²) in [4.78, 5) is 2.72. The van der Waals surface area contributed by atoms with E-state index in [0.717, 1.165) is 45.2 Å². The van der Waals surface area contributed by atoms with Gasteiger partial charge in [-0.25, -0.2) is 0 Å². The van der Waals surface area contributed by atoms with E-state index in [-0.39, 0.29) is 0 Å². The van der Waals surface area contributed by atoms with Crippen molar-refractivity contribution in [2.45, 2.75) is 65.5 Å². The summed E-state index contributed by atoms with van der Waals surface area (Å²) >= 11 is 0. The average Bonchev–Trinajstić information content (AvgIpc) is 3.19. The Bertz CT molecular complexity index is 309. The molecule has 2 aliphatic rings. The standard InChI is InChI=1S/C17H34N2O/c1-6-10-20-11-9-19-12-15(16(2,3)4)18-13-17(19,5)14-7-8-14/h14-15,18H,6-13H2,1-5H3. The minimum atomic E-state index is 0.327. The molecule has 0 bridgehead atoms. The molecular weight excluding hydrogens is 248 g/mol. The van der Waals surface area contributed by atoms with E-state index in [1.165, 1.54) is 12.8 Å². The normalized spacial score (nSPS) is 32.5. The van der Waals surface area contributed by atoms with E-state index in [1.54, 1.807) is 0 Å². The predicted octanol–water partition coefficient (Wildman–Crippen LogP) is 2.90. The highest BCUT2D eigenvalue weighted by molar-refractivity contribution is 5.06. The van der Waals surface area contributed by atoms with Crippen LogP contribution in [0.1, 0.15) is 53.9 Å². The molecule has 0 aromatic heterocycles. The zero-order chi connectivity index (χ0) is 14.8. The quantitative estimate of drug-likeness (QED) is 0.758. The Labute approximate surface area is 125 Å². The lowest BCUT2D eigenvalue weighted by molar-refractivity contribution is -0.0103. The fourth-order valence-electron chi connectivity index (χ4n) is 3.39. The summed E-state index contributed by atoms with van der Waals surface area (Å²) in [6.07, 6.45) is 3.93. The van der Waals surface area contributed by atoms with Gasteiger partial charge >= 0.3 is 0 Å². The number of hydrogen-bond acceptors (Lipinski definition) is 3. The third-order valence-electron chi connectivity index (χ3n) is 5.19. The van der Waals surface area contributed by atoms with Crippen molar-refractivity contribution in [3.63, 3.8) is 0 Å². The van der Waals surface area contributed by atoms with Gasteiger partial charge in [0.25, 0.3) is 0 Å². The molecule has 2 fully saturated rings. The van der Waals surface area contributed by atoms with Crippen molar-refractivity contribution in [1.82, 2.24) is 10.2 Å². The lowest BCUT2D eigenvalue weighted by Gasteiger charge is -2.51. The Morgan fingerprint density at radius 1 is 1.25 bits per heavy atom. The molecule has 0 amide bonds. The second-order valence-electron chi connectivity index (χ2n) is 7.99. The smallest absolute Gasteiger partial charge is 0.0593 e. The van der Waals surface area contributed by atoms with Gasteiger partial charge in [-0.15, -0.1) is 0 Å². The van der Waals surface area contributed by atoms with Crippen molar-refractivity contribution in [3.8, 4) is 0 Å². The number of hydrogen-bond donors (Lipinski definition) is 1. The Hall–Kier alpha value is -0.120. The van der Waals surface area contributed by atoms with Gasteiger partial charge in [0.15, 0.2) is 0 Å². The fraction of sp³-hybridized carbons (Fsp3) is 1.00. The molecule has 1 aliphatic carbocycles. The lowest BCUT2D eigenvalue weighted by Crippen LogP contribution is -2.67. The fourth-order valence-corrected chi connectivity index (χ4v) is 3.39. The Balaban J connectivity index is 1.96. The topological polar surface area (TPSA) is 24.5 Å². The van der Waals surface area contributed by atoms with Crippen LogP contribution >= 0.6 is 0 Å². The van der Waals surface area contributed by atoms with Crippen molar-refractivity contribution < 1.29 is 4.74 Å². The molecule has 2 atom stereocenters. The van der Waals surface area contributed by atoms with Gasteiger partial charge in [0.05, 0.1) is 6.61 Å². The summed E-state index contributed by atoms with van der Waals surface area (Å²) in [5, 5.41) is 3.82. The number of rotatable bonds is 6. The van der Waals surface area contributed by atoms with Crippen LogP contribution in [0.2, 0.25) is 0 Å². The number of piperazine rings is 1. The molecular formula is C17H34N2O. The Morgan fingerprint density at radius 2 is 1.95 bits per heavy atom. The van der Waals surface area contributed by atoms with E-state index in [2.05, 4.69) is 44.8 Å². The molecule has 3 heteroatoms. The summed E-state index contributed by atoms with van der Waals surface area (Å²) in [6.45, 7) is 16.8. The number of nitrogens with zero attached hydrogens (tertiary/aromatic N) is 1. The van der Waals surface area contributed by atoms with E-state index in [1.807, 2.05) is 0 Å². The molecule has 1 saturated carbocycles. The first kappa shape index (κ1) is 16.3. The van der Waals surface area contributed by atoms with Crippen LogP contribution in [0.4, 0.5) is 0 Å². The zero-order valence-electron chi connectivity index (χ0n) is 14.2. The van der Waals surface area contributed by atoms with Crippen LogP contribution in [0.5, 0.6) is 0 Å². The van der Waals surface area contributed by atoms with Gasteiger partial charge in [-0.1, -0.05) is 27.7 Å². The molecule has 0 spiro atoms. The molecule has 0 radical (unpaired) electrons. The second-order valence-corrected chi connectivity index (χ2v) is 7.99. The third kappa shape index (κ3) is 3.75. The minimum absolute atomic E-state index is 0.327. The monoisotopic (exact) mass is 282 g/mol. The van der Waals surface area contributed by atoms with Crippen molar-refractivity contribution in [1.29, 1.82) is 0 Å². The first-order valence-corrected chi connectivity index (χ1v) is 8.44. The van der Waals surface area contributed by atoms with Gasteiger partial charge in [-0.2, -0.15) is 0 Å². The van der Waals surface area contributed by atoms with E-state index in [0.29, 0.717) is 17.0 Å². The van der Waals surface area contributed by atoms with Crippen LogP contribution in [0, 0.1) is 11.3 Å². The summed E-state index contributed by atoms with van der Waals surface area (Å²) < 4.78 is 5.74. The van der Waals surface area contributed by atoms with Crippen molar-refractivity contribution >= 4 is 0 Å². The van der Waals surface area contributed by atoms with Gasteiger partial charge in [0, 0.05) is 37.8 Å². The van der Waals surface area contributed by atoms with Crippen LogP contribution < -0.4 is 5.32 Å². The molecule has 2 rings (SSSR count). The summed E-state index contributed by atoms with van der Waals surface area (Å²) in [7, 11) is 0. The molecule has 1 heterocycles. The van der Waals surface area contributed by atoms with Crippen LogP contribution in [-0.2, 0) is 4.74 Å². The first-order chi connectivity index (χ1) is 9.38. The van der Waals surface area contributed by atoms with Gasteiger partial charge in [-0.3, -0.25) is 4.90 Å². The summed E-state index contributed by atoms with van der Waals surface area (Å²) in [6, 6.07) is 0.584. The molecule has 2 unspecified atom stereocenters. The highest BCUT2D eigenvalue weighted by Gasteiger charge is 2.49. The molecule has 1 saturated heterocycles. The molecule has 3 nitrogen and oxygen atoms in total. The Kier molecular flexibility index (Phi) is 5.14. The van der Waals surface area contributed by atoms with Crippen LogP contribution in [-0.4, -0.2) is 49.3 Å². The van der Waals surface area contributed by atoms with E-state index < -0.39 is 0 Å². The van der Waals surface area contributed by atoms with Gasteiger partial charge < -0.3 is 10.1 Å². The molecule has 1 N–H and O–H groups in total. The molecule has 1 aliphatic heterocycles. The number of ether oxygens (including phenoxy) is 1. The summed E-state index contributed by atoms with van der Waals surface area (Å²) in [5.74, 6) is 0.891. The van der Waals surface area contributed by atoms with Crippen LogP contribution in [0.3, 0.4) is 0 Å². The lowest BCUT2D eigenvalue weighted by atomic mass is 9.81. The van der Waals surface area contributed by atoms with E-state index in [9.17, 15) is 0 Å². The van der Waals surface area contributed by atoms with Crippen molar-refractivity contribution in [2.24, 2.45) is 11.3 Å². The predicted molar refractivity (Wildman–Crippen MR) is 85.1 cm³/mol. The number of nitrogens with one attached hydrogen (secondary N) is 1. The first-order valence-electron chi connectivity index (χ1n) is 8.44. The largest absolute Gasteiger partial charge is 0.380 e. The van der Waals surface area contributed by atoms with Crippen LogP contribution in [0.25, 0.3) is 0 Å². The SMILES string of the molecule is CCCOCCN1CC(C(C)(C)C)NCC1(C)C1CC1. The Morgan fingerprint density at radius 3 is 2.50 bits per heavy atom. The molecule has 0 aromatic rings. The highest BCUT2D eigenvalue weighted by atomic mass is 16.5. The minimum Gasteiger partial charge on any atom is -0.380 e. The molecule has 20 heavy (non-hydrogen) atoms. The maximum atomic E-state index is 5.74. The van der Waals surface area contributed by atoms with Crippen LogP contribution in [0.15, 0.2) is 0 Å². The molecule has 0 aromatic carbocycles. The van der Waals surface area contributed by atoms with Gasteiger partial charge in [0.2, 0.25) is 0 Å². The highest BCUT2D eigenvalue weighted by Crippen LogP contribution is 2.44. The van der Waals surface area contributed by atoms with Gasteiger partial charge in [-0.05, 0) is 37.5 Å². The van der Waals surface area contributed by atoms with Crippen molar-refractivity contribution in [3.05, 3.63) is 0 Å². The third-order valence-corrected chi connectivity index (χ3v) is 5.19. The maximum Gasteiger partial charge on any atom is 0.0593 e. The van der Waals surface area contributed by atoms with E-state index >= 15 is 0 Å². The summed E-state index contributed by atoms with van der Waals surface area (Å²) in [5.41, 5.74) is 0.671. The van der Waals surface area contributed by atoms with E-state index in [4.69, 9.17) is 4.74 Å². The maximum absolute atomic E-state index is 5.74. The second kappa shape index (κ2) is 6.33. The molecule has 118 valence electrons.